The summed E-state index contributed by atoms with van der Waals surface area (Å²) in [5.41, 5.74) is 8.42. The van der Waals surface area contributed by atoms with Gasteiger partial charge in [-0.3, -0.25) is 5.43 Å². The molecule has 0 aliphatic carbocycles. The number of ether oxygens (including phenoxy) is 3. The van der Waals surface area contributed by atoms with Crippen LogP contribution in [0.25, 0.3) is 0 Å². The lowest BCUT2D eigenvalue weighted by molar-refractivity contribution is -0.142. The number of carbonyl (C=O) groups excluding carboxylic acids is 1. The van der Waals surface area contributed by atoms with Gasteiger partial charge in [-0.25, -0.2) is 4.79 Å². The molecule has 0 aliphatic rings. The summed E-state index contributed by atoms with van der Waals surface area (Å²) < 4.78 is 15.7. The highest BCUT2D eigenvalue weighted by Gasteiger charge is 2.13. The second-order valence-electron chi connectivity index (χ2n) is 3.63. The fourth-order valence-corrected chi connectivity index (χ4v) is 1.94. The third-order valence-electron chi connectivity index (χ3n) is 2.20. The minimum atomic E-state index is -0.491. The summed E-state index contributed by atoms with van der Waals surface area (Å²) in [5.74, 6) is 0.336. The van der Waals surface area contributed by atoms with Crippen molar-refractivity contribution in [2.75, 3.05) is 20.8 Å². The number of carbonyl (C=O) groups is 1. The zero-order chi connectivity index (χ0) is 15.8. The molecule has 114 valence electrons. The second-order valence-corrected chi connectivity index (χ2v) is 4.93. The molecule has 0 spiro atoms. The largest absolute Gasteiger partial charge is 0.493 e. The van der Waals surface area contributed by atoms with E-state index in [0.717, 1.165) is 0 Å². The fraction of sp³-hybridized carbons (Fsp3) is 0.250. The molecule has 0 fully saturated rings. The van der Waals surface area contributed by atoms with Gasteiger partial charge in [-0.2, -0.15) is 5.10 Å². The van der Waals surface area contributed by atoms with Gasteiger partial charge < -0.3 is 19.9 Å². The first kappa shape index (κ1) is 17.2. The molecule has 0 bridgehead atoms. The minimum absolute atomic E-state index is 0.0651. The number of rotatable bonds is 6. The van der Waals surface area contributed by atoms with E-state index in [1.54, 1.807) is 12.1 Å². The molecule has 3 N–H and O–H groups in total. The molecule has 1 aromatic carbocycles. The summed E-state index contributed by atoms with van der Waals surface area (Å²) in [7, 11) is 2.77. The number of hydrazone groups is 1. The Morgan fingerprint density at radius 2 is 2.24 bits per heavy atom. The molecular weight excluding hydrogens is 362 g/mol. The van der Waals surface area contributed by atoms with Crippen LogP contribution in [0, 0.1) is 0 Å². The minimum Gasteiger partial charge on any atom is -0.493 e. The van der Waals surface area contributed by atoms with Crippen LogP contribution in [0.3, 0.4) is 0 Å². The van der Waals surface area contributed by atoms with Crippen molar-refractivity contribution in [1.29, 1.82) is 0 Å². The number of thiocarbonyl (C=S) groups is 1. The predicted molar refractivity (Wildman–Crippen MR) is 85.7 cm³/mol. The molecule has 0 heterocycles. The molecule has 0 radical (unpaired) electrons. The van der Waals surface area contributed by atoms with Crippen LogP contribution in [-0.2, 0) is 9.53 Å². The van der Waals surface area contributed by atoms with Gasteiger partial charge in [0.2, 0.25) is 0 Å². The average Bonchev–Trinajstić information content (AvgIpc) is 2.44. The van der Waals surface area contributed by atoms with E-state index in [-0.39, 0.29) is 11.7 Å². The monoisotopic (exact) mass is 375 g/mol. The maximum atomic E-state index is 11.1. The van der Waals surface area contributed by atoms with Gasteiger partial charge in [-0.15, -0.1) is 0 Å². The first-order valence-electron chi connectivity index (χ1n) is 5.63. The van der Waals surface area contributed by atoms with E-state index in [1.165, 1.54) is 20.4 Å². The standard InChI is InChI=1S/C12H14BrN3O4S/c1-18-9-4-7(5-15-16-12(14)21)3-8(13)11(9)20-6-10(17)19-2/h3-5H,6H2,1-2H3,(H3,14,16,21). The summed E-state index contributed by atoms with van der Waals surface area (Å²) >= 11 is 7.97. The molecular formula is C12H14BrN3O4S. The molecule has 0 atom stereocenters. The van der Waals surface area contributed by atoms with E-state index in [4.69, 9.17) is 15.2 Å². The number of halogens is 1. The third-order valence-corrected chi connectivity index (χ3v) is 2.88. The molecule has 7 nitrogen and oxygen atoms in total. The average molecular weight is 376 g/mol. The summed E-state index contributed by atoms with van der Waals surface area (Å²) in [6, 6.07) is 3.42. The van der Waals surface area contributed by atoms with Crippen molar-refractivity contribution in [2.45, 2.75) is 0 Å². The van der Waals surface area contributed by atoms with Gasteiger partial charge in [0.15, 0.2) is 23.2 Å². The Hall–Kier alpha value is -1.87. The number of nitrogens with two attached hydrogens (primary N) is 1. The Morgan fingerprint density at radius 1 is 1.52 bits per heavy atom. The molecule has 0 saturated carbocycles. The van der Waals surface area contributed by atoms with Crippen LogP contribution < -0.4 is 20.6 Å². The first-order chi connectivity index (χ1) is 9.97. The molecule has 9 heteroatoms. The van der Waals surface area contributed by atoms with Crippen molar-refractivity contribution < 1.29 is 19.0 Å². The number of hydrogen-bond donors (Lipinski definition) is 2. The number of nitrogens with one attached hydrogen (secondary N) is 1. The molecule has 1 rings (SSSR count). The van der Waals surface area contributed by atoms with E-state index in [9.17, 15) is 4.79 Å². The molecule has 0 amide bonds. The van der Waals surface area contributed by atoms with Crippen molar-refractivity contribution in [3.8, 4) is 11.5 Å². The highest BCUT2D eigenvalue weighted by molar-refractivity contribution is 9.10. The Balaban J connectivity index is 2.93. The van der Waals surface area contributed by atoms with Crippen LogP contribution in [0.1, 0.15) is 5.56 Å². The van der Waals surface area contributed by atoms with Crippen LogP contribution in [0.15, 0.2) is 21.7 Å². The van der Waals surface area contributed by atoms with Crippen molar-refractivity contribution in [1.82, 2.24) is 5.43 Å². The van der Waals surface area contributed by atoms with Crippen molar-refractivity contribution in [3.05, 3.63) is 22.2 Å². The lowest BCUT2D eigenvalue weighted by Crippen LogP contribution is -2.24. The highest BCUT2D eigenvalue weighted by atomic mass is 79.9. The quantitative estimate of drug-likeness (QED) is 0.333. The van der Waals surface area contributed by atoms with Crippen molar-refractivity contribution >= 4 is 45.4 Å². The van der Waals surface area contributed by atoms with E-state index in [1.807, 2.05) is 0 Å². The lowest BCUT2D eigenvalue weighted by Gasteiger charge is -2.12. The van der Waals surface area contributed by atoms with E-state index < -0.39 is 5.97 Å². The number of esters is 1. The molecule has 21 heavy (non-hydrogen) atoms. The summed E-state index contributed by atoms with van der Waals surface area (Å²) in [6.45, 7) is -0.220. The predicted octanol–water partition coefficient (Wildman–Crippen LogP) is 1.18. The van der Waals surface area contributed by atoms with E-state index in [0.29, 0.717) is 21.5 Å². The molecule has 0 unspecified atom stereocenters. The van der Waals surface area contributed by atoms with Crippen LogP contribution in [0.5, 0.6) is 11.5 Å². The molecule has 0 aliphatic heterocycles. The number of nitrogens with zero attached hydrogens (tertiary/aromatic N) is 1. The van der Waals surface area contributed by atoms with Gasteiger partial charge in [0.05, 0.1) is 24.9 Å². The maximum absolute atomic E-state index is 11.1. The summed E-state index contributed by atoms with van der Waals surface area (Å²) in [6.07, 6.45) is 1.51. The van der Waals surface area contributed by atoms with Gasteiger partial charge in [-0.05, 0) is 45.8 Å². The first-order valence-corrected chi connectivity index (χ1v) is 6.83. The van der Waals surface area contributed by atoms with Crippen LogP contribution in [0.4, 0.5) is 0 Å². The van der Waals surface area contributed by atoms with Gasteiger partial charge in [0.1, 0.15) is 0 Å². The Kier molecular flexibility index (Phi) is 6.89. The zero-order valence-electron chi connectivity index (χ0n) is 11.4. The Bertz CT molecular complexity index is 566. The Morgan fingerprint density at radius 3 is 2.81 bits per heavy atom. The highest BCUT2D eigenvalue weighted by Crippen LogP contribution is 2.36. The smallest absolute Gasteiger partial charge is 0.343 e. The topological polar surface area (TPSA) is 95.2 Å². The van der Waals surface area contributed by atoms with Gasteiger partial charge in [-0.1, -0.05) is 0 Å². The number of hydrogen-bond acceptors (Lipinski definition) is 6. The van der Waals surface area contributed by atoms with Gasteiger partial charge in [0, 0.05) is 0 Å². The molecule has 1 aromatic rings. The van der Waals surface area contributed by atoms with Crippen molar-refractivity contribution in [3.63, 3.8) is 0 Å². The number of benzene rings is 1. The lowest BCUT2D eigenvalue weighted by atomic mass is 10.2. The summed E-state index contributed by atoms with van der Waals surface area (Å²) in [4.78, 5) is 11.1. The van der Waals surface area contributed by atoms with Gasteiger partial charge >= 0.3 is 5.97 Å². The third kappa shape index (κ3) is 5.56. The van der Waals surface area contributed by atoms with E-state index in [2.05, 4.69) is 43.4 Å². The van der Waals surface area contributed by atoms with Crippen LogP contribution in [0.2, 0.25) is 0 Å². The van der Waals surface area contributed by atoms with Crippen LogP contribution >= 0.6 is 28.1 Å². The normalized spacial score (nSPS) is 10.2. The SMILES string of the molecule is COC(=O)COc1c(Br)cc(C=NNC(N)=S)cc1OC. The zero-order valence-corrected chi connectivity index (χ0v) is 13.8. The summed E-state index contributed by atoms with van der Waals surface area (Å²) in [5, 5.41) is 3.91. The van der Waals surface area contributed by atoms with Crippen LogP contribution in [-0.4, -0.2) is 38.1 Å². The van der Waals surface area contributed by atoms with Crippen molar-refractivity contribution in [2.24, 2.45) is 10.8 Å². The molecule has 0 aromatic heterocycles. The fourth-order valence-electron chi connectivity index (χ4n) is 1.31. The molecule has 0 saturated heterocycles. The number of methoxy groups -OCH3 is 2. The Labute approximate surface area is 135 Å². The maximum Gasteiger partial charge on any atom is 0.343 e. The van der Waals surface area contributed by atoms with E-state index >= 15 is 0 Å². The van der Waals surface area contributed by atoms with Gasteiger partial charge in [0.25, 0.3) is 0 Å². The second kappa shape index (κ2) is 8.42.